The maximum absolute atomic E-state index is 13.2. The van der Waals surface area contributed by atoms with Crippen molar-refractivity contribution >= 4 is 39.0 Å². The normalized spacial score (nSPS) is 16.8. The van der Waals surface area contributed by atoms with E-state index in [0.717, 1.165) is 47.4 Å². The average molecular weight is 641 g/mol. The summed E-state index contributed by atoms with van der Waals surface area (Å²) in [6.45, 7) is 2.53. The van der Waals surface area contributed by atoms with Crippen LogP contribution in [0.15, 0.2) is 54.6 Å². The van der Waals surface area contributed by atoms with Gasteiger partial charge in [0.15, 0.2) is 11.5 Å². The number of carboxylic acids is 1. The Labute approximate surface area is 263 Å². The van der Waals surface area contributed by atoms with Crippen molar-refractivity contribution in [3.8, 4) is 16.2 Å². The van der Waals surface area contributed by atoms with E-state index in [1.54, 1.807) is 4.31 Å². The number of nitrogens with one attached hydrogen (secondary N) is 1. The molecule has 0 amide bonds. The van der Waals surface area contributed by atoms with Crippen LogP contribution in [0.4, 0.5) is 5.69 Å². The Morgan fingerprint density at radius 3 is 2.43 bits per heavy atom. The number of thiophene rings is 1. The van der Waals surface area contributed by atoms with Crippen molar-refractivity contribution in [3.63, 3.8) is 0 Å². The minimum absolute atomic E-state index is 0.00241. The van der Waals surface area contributed by atoms with E-state index in [0.29, 0.717) is 44.0 Å². The van der Waals surface area contributed by atoms with Gasteiger partial charge in [-0.15, -0.1) is 11.3 Å². The summed E-state index contributed by atoms with van der Waals surface area (Å²) in [6, 6.07) is 17.2. The molecule has 1 aromatic heterocycles. The second-order valence-corrected chi connectivity index (χ2v) is 14.6. The summed E-state index contributed by atoms with van der Waals surface area (Å²) >= 11 is 1.25. The van der Waals surface area contributed by atoms with Gasteiger partial charge < -0.3 is 19.9 Å². The third-order valence-electron chi connectivity index (χ3n) is 8.33. The molecule has 1 aliphatic heterocycles. The average Bonchev–Trinajstić information content (AvgIpc) is 3.36. The zero-order chi connectivity index (χ0) is 31.1. The Bertz CT molecular complexity index is 1540. The maximum Gasteiger partial charge on any atom is 0.352 e. The van der Waals surface area contributed by atoms with E-state index in [4.69, 9.17) is 9.47 Å². The number of carbonyl (C=O) groups excluding carboxylic acids is 1. The summed E-state index contributed by atoms with van der Waals surface area (Å²) in [4.78, 5) is 25.5. The van der Waals surface area contributed by atoms with Gasteiger partial charge in [0.05, 0.1) is 12.4 Å². The first kappa shape index (κ1) is 32.0. The smallest absolute Gasteiger partial charge is 0.352 e. The summed E-state index contributed by atoms with van der Waals surface area (Å²) < 4.78 is 38.8. The molecule has 11 heteroatoms. The van der Waals surface area contributed by atoms with Crippen molar-refractivity contribution in [1.29, 1.82) is 0 Å². The Hall–Kier alpha value is -3.41. The molecule has 1 aliphatic carbocycles. The number of ether oxygens (including phenoxy) is 2. The van der Waals surface area contributed by atoms with Crippen molar-refractivity contribution < 1.29 is 32.6 Å². The molecule has 9 nitrogen and oxygen atoms in total. The number of hydrogen-bond donors (Lipinski definition) is 2. The predicted octanol–water partition coefficient (Wildman–Crippen LogP) is 6.33. The molecule has 2 aromatic carbocycles. The number of benzene rings is 2. The zero-order valence-electron chi connectivity index (χ0n) is 25.0. The van der Waals surface area contributed by atoms with E-state index in [9.17, 15) is 23.1 Å². The Balaban J connectivity index is 1.26. The molecule has 44 heavy (non-hydrogen) atoms. The molecule has 2 aliphatic rings. The van der Waals surface area contributed by atoms with Crippen molar-refractivity contribution in [2.75, 3.05) is 31.6 Å². The number of aliphatic carboxylic acids is 1. The number of anilines is 1. The first-order valence-electron chi connectivity index (χ1n) is 15.2. The molecule has 0 bridgehead atoms. The first-order chi connectivity index (χ1) is 21.2. The number of hydrogen-bond acceptors (Lipinski definition) is 8. The Morgan fingerprint density at radius 2 is 1.73 bits per heavy atom. The number of nitrogens with zero attached hydrogens (tertiary/aromatic N) is 1. The third kappa shape index (κ3) is 8.19. The molecular weight excluding hydrogens is 601 g/mol. The fraction of sp³-hybridized carbons (Fsp3) is 0.455. The number of carboxylic acid groups (broad SMARTS) is 1. The highest BCUT2D eigenvalue weighted by atomic mass is 32.2. The molecule has 5 rings (SSSR count). The van der Waals surface area contributed by atoms with Gasteiger partial charge in [0.1, 0.15) is 5.75 Å². The van der Waals surface area contributed by atoms with Gasteiger partial charge in [-0.3, -0.25) is 0 Å². The van der Waals surface area contributed by atoms with Gasteiger partial charge in [0, 0.05) is 35.3 Å². The van der Waals surface area contributed by atoms with Crippen molar-refractivity contribution in [3.05, 3.63) is 70.6 Å². The van der Waals surface area contributed by atoms with Crippen LogP contribution in [0.5, 0.6) is 5.75 Å². The van der Waals surface area contributed by atoms with E-state index in [-0.39, 0.29) is 22.4 Å². The second-order valence-electron chi connectivity index (χ2n) is 11.6. The molecule has 3 aromatic rings. The monoisotopic (exact) mass is 640 g/mol. The van der Waals surface area contributed by atoms with E-state index >= 15 is 0 Å². The number of esters is 1. The number of carbonyl (C=O) groups is 2. The molecule has 0 spiro atoms. The highest BCUT2D eigenvalue weighted by Crippen LogP contribution is 2.42. The predicted molar refractivity (Wildman–Crippen MR) is 172 cm³/mol. The summed E-state index contributed by atoms with van der Waals surface area (Å²) in [5.74, 6) is -0.997. The van der Waals surface area contributed by atoms with Gasteiger partial charge in [-0.25, -0.2) is 22.3 Å². The lowest BCUT2D eigenvalue weighted by Crippen LogP contribution is -2.42. The molecule has 1 saturated heterocycles. The van der Waals surface area contributed by atoms with Crippen LogP contribution in [0.2, 0.25) is 0 Å². The largest absolute Gasteiger partial charge is 0.480 e. The minimum atomic E-state index is -3.39. The van der Waals surface area contributed by atoms with Gasteiger partial charge in [-0.2, -0.15) is 0 Å². The molecule has 0 radical (unpaired) electrons. The van der Waals surface area contributed by atoms with Gasteiger partial charge in [-0.05, 0) is 61.8 Å². The lowest BCUT2D eigenvalue weighted by Gasteiger charge is -2.32. The quantitative estimate of drug-likeness (QED) is 0.220. The summed E-state index contributed by atoms with van der Waals surface area (Å²) in [5, 5.41) is 12.8. The van der Waals surface area contributed by atoms with Crippen LogP contribution >= 0.6 is 11.3 Å². The highest BCUT2D eigenvalue weighted by molar-refractivity contribution is 7.88. The van der Waals surface area contributed by atoms with Crippen LogP contribution in [0.3, 0.4) is 0 Å². The summed E-state index contributed by atoms with van der Waals surface area (Å²) in [7, 11) is -3.39. The number of piperidine rings is 1. The Morgan fingerprint density at radius 1 is 1.00 bits per heavy atom. The molecule has 2 heterocycles. The fourth-order valence-corrected chi connectivity index (χ4v) is 8.67. The molecule has 236 valence electrons. The number of sulfonamides is 1. The van der Waals surface area contributed by atoms with Gasteiger partial charge in [0.25, 0.3) is 0 Å². The van der Waals surface area contributed by atoms with E-state index < -0.39 is 28.6 Å². The standard InChI is InChI=1S/C33H40N2O7S2/c1-23-30(41-21-29(36)37)32(33(38)42-20-24-9-4-2-5-10-24)43-31(23)26-13-8-14-28(19-26)34-27-15-17-35(18-16-27)44(39,40)22-25-11-6-3-7-12-25/h3,6-8,11-14,19,24,27,34H,2,4-5,9-10,15-18,20-22H2,1H3,(H,36,37). The topological polar surface area (TPSA) is 122 Å². The van der Waals surface area contributed by atoms with Crippen LogP contribution < -0.4 is 10.1 Å². The van der Waals surface area contributed by atoms with Crippen LogP contribution in [-0.4, -0.2) is 62.1 Å². The third-order valence-corrected chi connectivity index (χ3v) is 11.5. The molecule has 2 N–H and O–H groups in total. The van der Waals surface area contributed by atoms with Crippen molar-refractivity contribution in [1.82, 2.24) is 4.31 Å². The van der Waals surface area contributed by atoms with Gasteiger partial charge >= 0.3 is 11.9 Å². The molecule has 0 atom stereocenters. The summed E-state index contributed by atoms with van der Waals surface area (Å²) in [5.41, 5.74) is 3.22. The van der Waals surface area contributed by atoms with Crippen LogP contribution in [0.25, 0.3) is 10.4 Å². The molecule has 1 saturated carbocycles. The molecule has 2 fully saturated rings. The fourth-order valence-electron chi connectivity index (χ4n) is 5.97. The molecule has 0 unspecified atom stereocenters. The van der Waals surface area contributed by atoms with Gasteiger partial charge in [-0.1, -0.05) is 61.7 Å². The van der Waals surface area contributed by atoms with Crippen molar-refractivity contribution in [2.24, 2.45) is 5.92 Å². The van der Waals surface area contributed by atoms with Crippen LogP contribution in [-0.2, 0) is 25.3 Å². The maximum atomic E-state index is 13.2. The minimum Gasteiger partial charge on any atom is -0.480 e. The summed E-state index contributed by atoms with van der Waals surface area (Å²) in [6.07, 6.45) is 6.97. The van der Waals surface area contributed by atoms with E-state index in [1.165, 1.54) is 17.8 Å². The van der Waals surface area contributed by atoms with Crippen LogP contribution in [0.1, 0.15) is 65.7 Å². The number of rotatable bonds is 12. The zero-order valence-corrected chi connectivity index (χ0v) is 26.6. The Kier molecular flexibility index (Phi) is 10.6. The highest BCUT2D eigenvalue weighted by Gasteiger charge is 2.29. The molecular formula is C33H40N2O7S2. The van der Waals surface area contributed by atoms with Gasteiger partial charge in [0.2, 0.25) is 10.0 Å². The van der Waals surface area contributed by atoms with Crippen molar-refractivity contribution in [2.45, 2.75) is 63.7 Å². The lowest BCUT2D eigenvalue weighted by atomic mass is 9.90. The first-order valence-corrected chi connectivity index (χ1v) is 17.7. The second kappa shape index (κ2) is 14.6. The lowest BCUT2D eigenvalue weighted by molar-refractivity contribution is -0.139. The SMILES string of the molecule is Cc1c(-c2cccc(NC3CCN(S(=O)(=O)Cc4ccccc4)CC3)c2)sc(C(=O)OCC2CCCCC2)c1OCC(=O)O. The van der Waals surface area contributed by atoms with E-state index in [1.807, 2.05) is 61.5 Å². The van der Waals surface area contributed by atoms with E-state index in [2.05, 4.69) is 5.32 Å². The van der Waals surface area contributed by atoms with Crippen LogP contribution in [0, 0.1) is 12.8 Å².